The Morgan fingerprint density at radius 1 is 1.00 bits per heavy atom. The number of rotatable bonds is 4. The van der Waals surface area contributed by atoms with Gasteiger partial charge in [0.15, 0.2) is 0 Å². The van der Waals surface area contributed by atoms with Crippen molar-refractivity contribution in [2.45, 2.75) is 27.7 Å². The van der Waals surface area contributed by atoms with Gasteiger partial charge in [-0.15, -0.1) is 24.8 Å². The molecule has 0 saturated heterocycles. The molecule has 2 rings (SSSR count). The van der Waals surface area contributed by atoms with Crippen molar-refractivity contribution in [1.82, 2.24) is 4.90 Å². The third kappa shape index (κ3) is 5.06. The number of hydrogen-bond acceptors (Lipinski definition) is 2. The first kappa shape index (κ1) is 21.6. The predicted octanol–water partition coefficient (Wildman–Crippen LogP) is 4.89. The quantitative estimate of drug-likeness (QED) is 0.692. The first-order valence-corrected chi connectivity index (χ1v) is 8.41. The van der Waals surface area contributed by atoms with Crippen LogP contribution in [0.1, 0.15) is 25.0 Å². The SMILES string of the molecule is CC1=CC(N(C)C)=[C]([Ti][O]c2cc(C)cc(C)c2)C1C.Cl.Cl. The molecular weight excluding hydrogens is 353 g/mol. The fourth-order valence-electron chi connectivity index (χ4n) is 2.48. The zero-order chi connectivity index (χ0) is 14.9. The molecule has 2 nitrogen and oxygen atoms in total. The minimum absolute atomic E-state index is 0. The molecule has 0 aliphatic heterocycles. The smallest absolute Gasteiger partial charge is 0.147 e. The third-order valence-corrected chi connectivity index (χ3v) is 5.66. The van der Waals surface area contributed by atoms with E-state index in [0.29, 0.717) is 5.92 Å². The Morgan fingerprint density at radius 2 is 1.55 bits per heavy atom. The first-order chi connectivity index (χ1) is 9.38. The fraction of sp³-hybridized carbons (Fsp3) is 0.412. The predicted molar refractivity (Wildman–Crippen MR) is 94.7 cm³/mol. The molecule has 1 aromatic rings. The number of hydrogen-bond donors (Lipinski definition) is 0. The van der Waals surface area contributed by atoms with Gasteiger partial charge in [-0.05, 0) is 0 Å². The Morgan fingerprint density at radius 3 is 2.05 bits per heavy atom. The second-order valence-electron chi connectivity index (χ2n) is 5.83. The summed E-state index contributed by atoms with van der Waals surface area (Å²) in [5.74, 6) is 1.54. The number of likely N-dealkylation sites (N-methyl/N-ethyl adjacent to an activating group) is 1. The fourth-order valence-corrected chi connectivity index (χ4v) is 4.28. The van der Waals surface area contributed by atoms with Crippen LogP contribution in [0.25, 0.3) is 0 Å². The number of halogens is 2. The minimum Gasteiger partial charge on any atom is -0.147 e. The summed E-state index contributed by atoms with van der Waals surface area (Å²) in [5, 5.41) is 0. The van der Waals surface area contributed by atoms with Crippen LogP contribution < -0.4 is 3.32 Å². The molecule has 0 fully saturated rings. The van der Waals surface area contributed by atoms with Gasteiger partial charge in [0.1, 0.15) is 0 Å². The molecule has 0 spiro atoms. The van der Waals surface area contributed by atoms with Crippen LogP contribution in [0, 0.1) is 19.8 Å². The van der Waals surface area contributed by atoms with Crippen molar-refractivity contribution in [2.75, 3.05) is 14.1 Å². The molecule has 0 saturated carbocycles. The van der Waals surface area contributed by atoms with Crippen LogP contribution in [0.3, 0.4) is 0 Å². The molecule has 0 aromatic heterocycles. The van der Waals surface area contributed by atoms with Crippen molar-refractivity contribution in [3.63, 3.8) is 0 Å². The maximum atomic E-state index is 6.16. The zero-order valence-corrected chi connectivity index (χ0v) is 17.3. The molecule has 1 atom stereocenters. The van der Waals surface area contributed by atoms with E-state index in [9.17, 15) is 0 Å². The summed E-state index contributed by atoms with van der Waals surface area (Å²) in [4.78, 5) is 2.21. The summed E-state index contributed by atoms with van der Waals surface area (Å²) in [6, 6.07) is 6.44. The van der Waals surface area contributed by atoms with Gasteiger partial charge in [0, 0.05) is 0 Å². The Hall–Kier alpha value is -0.406. The molecule has 1 unspecified atom stereocenters. The van der Waals surface area contributed by atoms with E-state index in [2.05, 4.69) is 71.0 Å². The van der Waals surface area contributed by atoms with E-state index in [1.165, 1.54) is 26.3 Å². The van der Waals surface area contributed by atoms with Crippen molar-refractivity contribution in [3.05, 3.63) is 50.5 Å². The Labute approximate surface area is 156 Å². The van der Waals surface area contributed by atoms with Crippen LogP contribution in [0.4, 0.5) is 0 Å². The molecule has 1 aromatic carbocycles. The van der Waals surface area contributed by atoms with Crippen molar-refractivity contribution < 1.29 is 22.9 Å². The summed E-state index contributed by atoms with van der Waals surface area (Å²) in [5.41, 5.74) is 5.32. The topological polar surface area (TPSA) is 12.5 Å². The minimum atomic E-state index is -0.588. The van der Waals surface area contributed by atoms with E-state index in [0.717, 1.165) is 5.75 Å². The first-order valence-electron chi connectivity index (χ1n) is 6.99. The molecule has 0 amide bonds. The van der Waals surface area contributed by atoms with E-state index in [4.69, 9.17) is 3.32 Å². The average molecular weight is 378 g/mol. The van der Waals surface area contributed by atoms with Crippen molar-refractivity contribution in [3.8, 4) is 5.75 Å². The largest absolute Gasteiger partial charge is 0.147 e. The van der Waals surface area contributed by atoms with Gasteiger partial charge in [-0.1, -0.05) is 0 Å². The van der Waals surface area contributed by atoms with Gasteiger partial charge >= 0.3 is 132 Å². The average Bonchev–Trinajstić information content (AvgIpc) is 2.62. The maximum Gasteiger partial charge on any atom is -0.147 e. The van der Waals surface area contributed by atoms with Crippen molar-refractivity contribution >= 4 is 24.8 Å². The normalized spacial score (nSPS) is 16.5. The van der Waals surface area contributed by atoms with Gasteiger partial charge in [-0.3, -0.25) is 0 Å². The van der Waals surface area contributed by atoms with E-state index >= 15 is 0 Å². The van der Waals surface area contributed by atoms with Crippen LogP contribution in [0.15, 0.2) is 39.4 Å². The maximum absolute atomic E-state index is 6.16. The van der Waals surface area contributed by atoms with Crippen LogP contribution in [0.5, 0.6) is 5.75 Å². The Balaban J connectivity index is 0.00000220. The van der Waals surface area contributed by atoms with Crippen molar-refractivity contribution in [1.29, 1.82) is 0 Å². The standard InChI is InChI=1S/C9H14N.C8H10O.2ClH.Ti/c1-7-5-9(10(3)4)6-8(7)2;1-6-3-7(2)5-8(9)4-6;;;/h5,8H,1-4H3;3-5,9H,1-2H3;2*1H;/q;;;;+1/p-1. The number of allylic oxidation sites excluding steroid dienone is 3. The molecule has 1 aliphatic rings. The summed E-state index contributed by atoms with van der Waals surface area (Å²) in [7, 11) is 4.22. The summed E-state index contributed by atoms with van der Waals surface area (Å²) >= 11 is -0.588. The van der Waals surface area contributed by atoms with Gasteiger partial charge in [0.05, 0.1) is 0 Å². The molecule has 0 heterocycles. The number of benzene rings is 1. The second kappa shape index (κ2) is 9.03. The van der Waals surface area contributed by atoms with Crippen molar-refractivity contribution in [2.24, 2.45) is 5.92 Å². The summed E-state index contributed by atoms with van der Waals surface area (Å²) in [6.45, 7) is 8.73. The van der Waals surface area contributed by atoms with E-state index in [1.54, 1.807) is 0 Å². The van der Waals surface area contributed by atoms with Crippen LogP contribution >= 0.6 is 24.8 Å². The molecule has 0 bridgehead atoms. The number of aryl methyl sites for hydroxylation is 2. The summed E-state index contributed by atoms with van der Waals surface area (Å²) in [6.07, 6.45) is 2.30. The van der Waals surface area contributed by atoms with Gasteiger partial charge in [-0.2, -0.15) is 0 Å². The second-order valence-corrected chi connectivity index (χ2v) is 7.31. The van der Waals surface area contributed by atoms with E-state index in [-0.39, 0.29) is 24.8 Å². The monoisotopic (exact) mass is 377 g/mol. The van der Waals surface area contributed by atoms with Gasteiger partial charge in [-0.25, -0.2) is 0 Å². The molecular formula is C17H25Cl2NOTi. The summed E-state index contributed by atoms with van der Waals surface area (Å²) < 4.78 is 7.65. The van der Waals surface area contributed by atoms with E-state index < -0.39 is 19.5 Å². The molecule has 0 N–H and O–H groups in total. The van der Waals surface area contributed by atoms with E-state index in [1.807, 2.05) is 0 Å². The molecule has 0 radical (unpaired) electrons. The Kier molecular flexibility index (Phi) is 8.86. The van der Waals surface area contributed by atoms with Gasteiger partial charge in [0.2, 0.25) is 0 Å². The van der Waals surface area contributed by atoms with Crippen LogP contribution in [-0.2, 0) is 19.5 Å². The zero-order valence-electron chi connectivity index (χ0n) is 14.1. The third-order valence-electron chi connectivity index (χ3n) is 3.71. The van der Waals surface area contributed by atoms with Crippen LogP contribution in [0.2, 0.25) is 0 Å². The molecule has 22 heavy (non-hydrogen) atoms. The molecule has 122 valence electrons. The Bertz CT molecular complexity index is 562. The van der Waals surface area contributed by atoms with Gasteiger partial charge in [0.25, 0.3) is 0 Å². The molecule has 5 heteroatoms. The van der Waals surface area contributed by atoms with Gasteiger partial charge < -0.3 is 0 Å². The van der Waals surface area contributed by atoms with Crippen LogP contribution in [-0.4, -0.2) is 19.0 Å². The molecule has 1 aliphatic carbocycles. The number of nitrogens with zero attached hydrogens (tertiary/aromatic N) is 1.